The Balaban J connectivity index is 2.03. The third kappa shape index (κ3) is 1.22. The minimum absolute atomic E-state index is 0.575. The van der Waals surface area contributed by atoms with Crippen LogP contribution < -0.4 is 4.74 Å². The summed E-state index contributed by atoms with van der Waals surface area (Å²) in [5.74, 6) is 1.27. The van der Waals surface area contributed by atoms with Crippen molar-refractivity contribution in [2.45, 2.75) is 0 Å². The molecule has 0 fully saturated rings. The first-order chi connectivity index (χ1) is 8.92. The summed E-state index contributed by atoms with van der Waals surface area (Å²) in [4.78, 5) is 8.37. The van der Waals surface area contributed by atoms with Crippen LogP contribution in [0, 0.1) is 0 Å². The van der Waals surface area contributed by atoms with Gasteiger partial charge in [0.05, 0.1) is 12.4 Å². The molecular weight excluding hydrogens is 230 g/mol. The number of hydrogen-bond donors (Lipinski definition) is 0. The van der Waals surface area contributed by atoms with Gasteiger partial charge in [0.2, 0.25) is 5.88 Å². The highest BCUT2D eigenvalue weighted by Gasteiger charge is 2.16. The monoisotopic (exact) mass is 237 g/mol. The minimum Gasteiger partial charge on any atom is -0.436 e. The molecule has 0 amide bonds. The number of aliphatic imine (C=N–C) groups is 1. The van der Waals surface area contributed by atoms with Crippen LogP contribution in [0.4, 0.5) is 5.69 Å². The molecule has 86 valence electrons. The smallest absolute Gasteiger partial charge is 0.236 e. The number of para-hydroxylation sites is 2. The number of fused-ring (bicyclic) bond motifs is 4. The molecule has 1 aliphatic rings. The molecule has 18 heavy (non-hydrogen) atoms. The van der Waals surface area contributed by atoms with Gasteiger partial charge in [0.1, 0.15) is 12.0 Å². The highest BCUT2D eigenvalue weighted by molar-refractivity contribution is 5.84. The summed E-state index contributed by atoms with van der Waals surface area (Å²) in [6.45, 7) is 0. The molecule has 0 bridgehead atoms. The number of benzene rings is 1. The van der Waals surface area contributed by atoms with E-state index in [1.165, 1.54) is 0 Å². The first-order valence-electron chi connectivity index (χ1n) is 5.41. The lowest BCUT2D eigenvalue weighted by atomic mass is 10.3. The Hall–Kier alpha value is -2.76. The Kier molecular flexibility index (Phi) is 1.74. The van der Waals surface area contributed by atoms with Crippen molar-refractivity contribution in [2.75, 3.05) is 0 Å². The van der Waals surface area contributed by atoms with Crippen LogP contribution in [-0.2, 0) is 0 Å². The van der Waals surface area contributed by atoms with Gasteiger partial charge in [0.25, 0.3) is 0 Å². The van der Waals surface area contributed by atoms with Crippen molar-refractivity contribution >= 4 is 17.5 Å². The Morgan fingerprint density at radius 1 is 1.11 bits per heavy atom. The fourth-order valence-corrected chi connectivity index (χ4v) is 1.86. The molecule has 3 heterocycles. The van der Waals surface area contributed by atoms with Crippen LogP contribution in [0.3, 0.4) is 0 Å². The van der Waals surface area contributed by atoms with Gasteiger partial charge in [-0.1, -0.05) is 12.1 Å². The molecule has 6 nitrogen and oxygen atoms in total. The summed E-state index contributed by atoms with van der Waals surface area (Å²) >= 11 is 0. The normalized spacial score (nSPS) is 12.7. The minimum atomic E-state index is 0.575. The molecule has 0 aliphatic carbocycles. The standard InChI is InChI=1S/C12H7N5O/c1-2-4-10-8(3-1)14-5-9-12(18-10)17-7-13-6-11(17)16-15-9/h1-7H. The van der Waals surface area contributed by atoms with Crippen LogP contribution in [0.5, 0.6) is 11.6 Å². The van der Waals surface area contributed by atoms with Gasteiger partial charge in [-0.3, -0.25) is 4.99 Å². The first-order valence-corrected chi connectivity index (χ1v) is 5.41. The van der Waals surface area contributed by atoms with Gasteiger partial charge >= 0.3 is 0 Å². The summed E-state index contributed by atoms with van der Waals surface area (Å²) in [6, 6.07) is 7.56. The van der Waals surface area contributed by atoms with E-state index in [4.69, 9.17) is 4.74 Å². The van der Waals surface area contributed by atoms with Crippen LogP contribution in [-0.4, -0.2) is 25.8 Å². The Morgan fingerprint density at radius 3 is 3.06 bits per heavy atom. The van der Waals surface area contributed by atoms with Crippen molar-refractivity contribution < 1.29 is 4.74 Å². The molecule has 0 unspecified atom stereocenters. The maximum absolute atomic E-state index is 5.87. The molecule has 1 aromatic carbocycles. The number of imidazole rings is 1. The van der Waals surface area contributed by atoms with Gasteiger partial charge in [-0.2, -0.15) is 0 Å². The molecule has 1 aliphatic heterocycles. The van der Waals surface area contributed by atoms with E-state index in [1.807, 2.05) is 24.3 Å². The molecule has 0 saturated carbocycles. The second-order valence-corrected chi connectivity index (χ2v) is 3.84. The number of ether oxygens (including phenoxy) is 1. The van der Waals surface area contributed by atoms with Gasteiger partial charge in [-0.25, -0.2) is 9.38 Å². The second kappa shape index (κ2) is 3.36. The van der Waals surface area contributed by atoms with Gasteiger partial charge in [-0.15, -0.1) is 10.2 Å². The van der Waals surface area contributed by atoms with Crippen molar-refractivity contribution in [1.29, 1.82) is 0 Å². The van der Waals surface area contributed by atoms with Crippen molar-refractivity contribution in [1.82, 2.24) is 19.6 Å². The van der Waals surface area contributed by atoms with Crippen molar-refractivity contribution in [3.05, 3.63) is 42.5 Å². The summed E-state index contributed by atoms with van der Waals surface area (Å²) < 4.78 is 7.62. The van der Waals surface area contributed by atoms with Crippen molar-refractivity contribution in [2.24, 2.45) is 4.99 Å². The zero-order chi connectivity index (χ0) is 11.9. The first kappa shape index (κ1) is 9.29. The molecule has 0 radical (unpaired) electrons. The lowest BCUT2D eigenvalue weighted by molar-refractivity contribution is 0.452. The quantitative estimate of drug-likeness (QED) is 0.469. The van der Waals surface area contributed by atoms with Gasteiger partial charge in [-0.05, 0) is 12.1 Å². The Bertz CT molecular complexity index is 777. The SMILES string of the molecule is C1=Nc2ccccc2Oc2c1nnc1cncn21. The largest absolute Gasteiger partial charge is 0.436 e. The third-order valence-corrected chi connectivity index (χ3v) is 2.71. The van der Waals surface area contributed by atoms with Crippen molar-refractivity contribution in [3.63, 3.8) is 0 Å². The number of nitrogens with zero attached hydrogens (tertiary/aromatic N) is 5. The van der Waals surface area contributed by atoms with Crippen LogP contribution >= 0.6 is 0 Å². The molecule has 6 heteroatoms. The van der Waals surface area contributed by atoms with E-state index in [2.05, 4.69) is 20.2 Å². The lowest BCUT2D eigenvalue weighted by Gasteiger charge is -2.08. The predicted molar refractivity (Wildman–Crippen MR) is 64.6 cm³/mol. The van der Waals surface area contributed by atoms with Gasteiger partial charge in [0, 0.05) is 0 Å². The van der Waals surface area contributed by atoms with E-state index in [0.29, 0.717) is 23.0 Å². The van der Waals surface area contributed by atoms with Crippen molar-refractivity contribution in [3.8, 4) is 11.6 Å². The average Bonchev–Trinajstić information content (AvgIpc) is 2.80. The molecule has 4 rings (SSSR count). The summed E-state index contributed by atoms with van der Waals surface area (Å²) in [5.41, 5.74) is 1.99. The van der Waals surface area contributed by atoms with Crippen LogP contribution in [0.15, 0.2) is 41.8 Å². The van der Waals surface area contributed by atoms with E-state index < -0.39 is 0 Å². The molecular formula is C12H7N5O. The second-order valence-electron chi connectivity index (χ2n) is 3.84. The number of rotatable bonds is 0. The van der Waals surface area contributed by atoms with Crippen LogP contribution in [0.2, 0.25) is 0 Å². The van der Waals surface area contributed by atoms with Crippen LogP contribution in [0.25, 0.3) is 5.65 Å². The molecule has 0 saturated heterocycles. The van der Waals surface area contributed by atoms with E-state index >= 15 is 0 Å². The maximum Gasteiger partial charge on any atom is 0.236 e. The third-order valence-electron chi connectivity index (χ3n) is 2.71. The van der Waals surface area contributed by atoms with E-state index in [9.17, 15) is 0 Å². The van der Waals surface area contributed by atoms with Gasteiger partial charge < -0.3 is 4.74 Å². The predicted octanol–water partition coefficient (Wildman–Crippen LogP) is 1.98. The zero-order valence-electron chi connectivity index (χ0n) is 9.19. The average molecular weight is 237 g/mol. The summed E-state index contributed by atoms with van der Waals surface area (Å²) in [5, 5.41) is 8.12. The summed E-state index contributed by atoms with van der Waals surface area (Å²) in [6.07, 6.45) is 4.92. The highest BCUT2D eigenvalue weighted by atomic mass is 16.5. The van der Waals surface area contributed by atoms with E-state index in [1.54, 1.807) is 23.1 Å². The highest BCUT2D eigenvalue weighted by Crippen LogP contribution is 2.34. The molecule has 2 aromatic heterocycles. The Morgan fingerprint density at radius 2 is 2.06 bits per heavy atom. The topological polar surface area (TPSA) is 64.7 Å². The number of aromatic nitrogens is 4. The molecule has 0 spiro atoms. The maximum atomic E-state index is 5.87. The fourth-order valence-electron chi connectivity index (χ4n) is 1.86. The molecule has 0 atom stereocenters. The number of hydrogen-bond acceptors (Lipinski definition) is 5. The van der Waals surface area contributed by atoms with E-state index in [0.717, 1.165) is 5.69 Å². The zero-order valence-corrected chi connectivity index (χ0v) is 9.19. The Labute approximate surface area is 102 Å². The van der Waals surface area contributed by atoms with Gasteiger partial charge in [0.15, 0.2) is 17.1 Å². The van der Waals surface area contributed by atoms with E-state index in [-0.39, 0.29) is 0 Å². The van der Waals surface area contributed by atoms with Crippen LogP contribution in [0.1, 0.15) is 5.69 Å². The fraction of sp³-hybridized carbons (Fsp3) is 0. The molecule has 3 aromatic rings. The summed E-state index contributed by atoms with van der Waals surface area (Å²) in [7, 11) is 0. The molecule has 0 N–H and O–H groups in total. The lowest BCUT2D eigenvalue weighted by Crippen LogP contribution is -2.02.